The van der Waals surface area contributed by atoms with E-state index < -0.39 is 0 Å². The first-order valence-corrected chi connectivity index (χ1v) is 7.52. The monoisotopic (exact) mass is 313 g/mol. The van der Waals surface area contributed by atoms with Gasteiger partial charge in [-0.15, -0.1) is 10.2 Å². The van der Waals surface area contributed by atoms with Crippen molar-refractivity contribution >= 4 is 11.6 Å². The third kappa shape index (κ3) is 3.93. The lowest BCUT2D eigenvalue weighted by atomic mass is 10.1. The minimum Gasteiger partial charge on any atom is -0.419 e. The fourth-order valence-electron chi connectivity index (χ4n) is 2.10. The summed E-state index contributed by atoms with van der Waals surface area (Å²) in [4.78, 5) is 0. The molecule has 0 spiro atoms. The maximum absolute atomic E-state index is 5.86. The number of aromatic nitrogens is 2. The molecule has 0 radical (unpaired) electrons. The zero-order chi connectivity index (χ0) is 15.2. The Hall–Kier alpha value is -2.17. The van der Waals surface area contributed by atoms with Crippen LogP contribution >= 0.6 is 11.6 Å². The van der Waals surface area contributed by atoms with Crippen molar-refractivity contribution in [3.05, 3.63) is 71.1 Å². The molecular formula is C17H16ClN3O. The van der Waals surface area contributed by atoms with Crippen LogP contribution in [0.2, 0.25) is 5.02 Å². The van der Waals surface area contributed by atoms with Gasteiger partial charge in [-0.3, -0.25) is 0 Å². The van der Waals surface area contributed by atoms with Crippen molar-refractivity contribution in [1.82, 2.24) is 15.5 Å². The Morgan fingerprint density at radius 1 is 0.955 bits per heavy atom. The summed E-state index contributed by atoms with van der Waals surface area (Å²) in [5.74, 6) is 1.14. The average Bonchev–Trinajstić information content (AvgIpc) is 3.03. The predicted octanol–water partition coefficient (Wildman–Crippen LogP) is 3.72. The van der Waals surface area contributed by atoms with Gasteiger partial charge in [0.25, 0.3) is 0 Å². The minimum atomic E-state index is 0.551. The molecule has 0 unspecified atom stereocenters. The lowest BCUT2D eigenvalue weighted by molar-refractivity contribution is 0.478. The van der Waals surface area contributed by atoms with E-state index in [2.05, 4.69) is 15.5 Å². The molecule has 22 heavy (non-hydrogen) atoms. The summed E-state index contributed by atoms with van der Waals surface area (Å²) in [6.45, 7) is 1.40. The Morgan fingerprint density at radius 3 is 2.50 bits per heavy atom. The summed E-state index contributed by atoms with van der Waals surface area (Å²) in [5, 5.41) is 12.2. The second kappa shape index (κ2) is 7.20. The van der Waals surface area contributed by atoms with Gasteiger partial charge in [0.15, 0.2) is 0 Å². The van der Waals surface area contributed by atoms with Crippen molar-refractivity contribution in [2.75, 3.05) is 6.54 Å². The first-order valence-electron chi connectivity index (χ1n) is 7.14. The smallest absolute Gasteiger partial charge is 0.247 e. The number of hydrogen-bond donors (Lipinski definition) is 1. The normalized spacial score (nSPS) is 10.8. The molecule has 4 nitrogen and oxygen atoms in total. The second-order valence-corrected chi connectivity index (χ2v) is 5.36. The molecule has 0 bridgehead atoms. The number of rotatable bonds is 6. The molecule has 112 valence electrons. The summed E-state index contributed by atoms with van der Waals surface area (Å²) in [5.41, 5.74) is 2.18. The van der Waals surface area contributed by atoms with Gasteiger partial charge in [0.2, 0.25) is 11.8 Å². The fraction of sp³-hybridized carbons (Fsp3) is 0.176. The van der Waals surface area contributed by atoms with Crippen LogP contribution in [0.4, 0.5) is 0 Å². The zero-order valence-corrected chi connectivity index (χ0v) is 12.8. The van der Waals surface area contributed by atoms with Gasteiger partial charge in [-0.1, -0.05) is 41.9 Å². The molecule has 0 atom stereocenters. The molecule has 1 N–H and O–H groups in total. The topological polar surface area (TPSA) is 51.0 Å². The van der Waals surface area contributed by atoms with E-state index in [1.807, 2.05) is 54.6 Å². The molecule has 5 heteroatoms. The summed E-state index contributed by atoms with van der Waals surface area (Å²) in [6, 6.07) is 17.6. The summed E-state index contributed by atoms with van der Waals surface area (Å²) < 4.78 is 5.64. The Bertz CT molecular complexity index is 710. The highest BCUT2D eigenvalue weighted by atomic mass is 35.5. The number of hydrogen-bond acceptors (Lipinski definition) is 4. The van der Waals surface area contributed by atoms with Gasteiger partial charge in [-0.2, -0.15) is 0 Å². The van der Waals surface area contributed by atoms with Crippen LogP contribution in [0.3, 0.4) is 0 Å². The van der Waals surface area contributed by atoms with Gasteiger partial charge >= 0.3 is 0 Å². The molecule has 0 aliphatic rings. The van der Waals surface area contributed by atoms with E-state index in [-0.39, 0.29) is 0 Å². The fourth-order valence-corrected chi connectivity index (χ4v) is 2.23. The van der Waals surface area contributed by atoms with Crippen molar-refractivity contribution in [2.45, 2.75) is 13.0 Å². The van der Waals surface area contributed by atoms with E-state index in [4.69, 9.17) is 16.0 Å². The maximum Gasteiger partial charge on any atom is 0.247 e. The highest BCUT2D eigenvalue weighted by molar-refractivity contribution is 6.30. The van der Waals surface area contributed by atoms with Gasteiger partial charge in [0.1, 0.15) is 0 Å². The highest BCUT2D eigenvalue weighted by Gasteiger charge is 2.07. The molecule has 0 aliphatic carbocycles. The van der Waals surface area contributed by atoms with Crippen LogP contribution in [0.5, 0.6) is 0 Å². The number of nitrogens with one attached hydrogen (secondary N) is 1. The number of nitrogens with zero attached hydrogens (tertiary/aromatic N) is 2. The van der Waals surface area contributed by atoms with Crippen LogP contribution in [-0.4, -0.2) is 16.7 Å². The van der Waals surface area contributed by atoms with Crippen LogP contribution in [0.25, 0.3) is 11.5 Å². The molecule has 0 saturated heterocycles. The zero-order valence-electron chi connectivity index (χ0n) is 12.0. The van der Waals surface area contributed by atoms with Crippen LogP contribution in [-0.2, 0) is 13.0 Å². The Morgan fingerprint density at radius 2 is 1.73 bits per heavy atom. The minimum absolute atomic E-state index is 0.551. The first kappa shape index (κ1) is 14.8. The van der Waals surface area contributed by atoms with E-state index in [0.29, 0.717) is 18.3 Å². The van der Waals surface area contributed by atoms with Crippen molar-refractivity contribution in [1.29, 1.82) is 0 Å². The third-order valence-electron chi connectivity index (χ3n) is 3.27. The Balaban J connectivity index is 1.48. The van der Waals surface area contributed by atoms with Gasteiger partial charge in [-0.05, 0) is 42.8 Å². The second-order valence-electron chi connectivity index (χ2n) is 4.92. The predicted molar refractivity (Wildman–Crippen MR) is 86.6 cm³/mol. The molecule has 0 amide bonds. The van der Waals surface area contributed by atoms with Crippen molar-refractivity contribution in [3.63, 3.8) is 0 Å². The summed E-state index contributed by atoms with van der Waals surface area (Å²) in [7, 11) is 0. The molecule has 0 fully saturated rings. The number of benzene rings is 2. The van der Waals surface area contributed by atoms with E-state index in [9.17, 15) is 0 Å². The Labute approximate surface area is 134 Å². The molecule has 3 aromatic rings. The van der Waals surface area contributed by atoms with Crippen molar-refractivity contribution in [3.8, 4) is 11.5 Å². The molecule has 2 aromatic carbocycles. The Kier molecular flexibility index (Phi) is 4.83. The molecule has 1 heterocycles. The first-order chi connectivity index (χ1) is 10.8. The van der Waals surface area contributed by atoms with Crippen molar-refractivity contribution in [2.24, 2.45) is 0 Å². The van der Waals surface area contributed by atoms with E-state index in [1.54, 1.807) is 0 Å². The highest BCUT2D eigenvalue weighted by Crippen LogP contribution is 2.16. The van der Waals surface area contributed by atoms with Crippen LogP contribution in [0, 0.1) is 0 Å². The average molecular weight is 314 g/mol. The lowest BCUT2D eigenvalue weighted by Gasteiger charge is -2.02. The quantitative estimate of drug-likeness (QED) is 0.705. The van der Waals surface area contributed by atoms with Gasteiger partial charge in [0, 0.05) is 10.6 Å². The van der Waals surface area contributed by atoms with Gasteiger partial charge in [-0.25, -0.2) is 0 Å². The number of halogens is 1. The summed E-state index contributed by atoms with van der Waals surface area (Å²) in [6.07, 6.45) is 0.927. The molecule has 3 rings (SSSR count). The summed E-state index contributed by atoms with van der Waals surface area (Å²) >= 11 is 5.86. The van der Waals surface area contributed by atoms with E-state index in [1.165, 1.54) is 5.56 Å². The molecular weight excluding hydrogens is 298 g/mol. The van der Waals surface area contributed by atoms with Crippen molar-refractivity contribution < 1.29 is 4.42 Å². The van der Waals surface area contributed by atoms with Crippen LogP contribution in [0.1, 0.15) is 11.5 Å². The third-order valence-corrected chi connectivity index (χ3v) is 3.52. The standard InChI is InChI=1S/C17H16ClN3O/c18-15-8-6-13(7-9-15)10-11-19-12-16-20-21-17(22-16)14-4-2-1-3-5-14/h1-9,19H,10-12H2. The maximum atomic E-state index is 5.86. The largest absolute Gasteiger partial charge is 0.419 e. The van der Waals surface area contributed by atoms with E-state index >= 15 is 0 Å². The SMILES string of the molecule is Clc1ccc(CCNCc2nnc(-c3ccccc3)o2)cc1. The molecule has 1 aromatic heterocycles. The van der Waals surface area contributed by atoms with Gasteiger partial charge in [0.05, 0.1) is 6.54 Å². The lowest BCUT2D eigenvalue weighted by Crippen LogP contribution is -2.16. The molecule has 0 saturated carbocycles. The van der Waals surface area contributed by atoms with Crippen LogP contribution < -0.4 is 5.32 Å². The molecule has 0 aliphatic heterocycles. The van der Waals surface area contributed by atoms with E-state index in [0.717, 1.165) is 23.6 Å². The van der Waals surface area contributed by atoms with Crippen LogP contribution in [0.15, 0.2) is 59.0 Å². The van der Waals surface area contributed by atoms with Gasteiger partial charge < -0.3 is 9.73 Å².